The van der Waals surface area contributed by atoms with Gasteiger partial charge in [0.1, 0.15) is 5.60 Å². The largest absolute Gasteiger partial charge is 0.456 e. The maximum absolute atomic E-state index is 11.5. The topological polar surface area (TPSA) is 26.3 Å². The number of carbonyl (C=O) groups is 1. The fourth-order valence-corrected chi connectivity index (χ4v) is 4.01. The Balaban J connectivity index is 2.32. The number of ether oxygens (including phenoxy) is 1. The zero-order chi connectivity index (χ0) is 12.2. The first-order valence-electron chi connectivity index (χ1n) is 6.12. The van der Waals surface area contributed by atoms with Crippen molar-refractivity contribution in [2.75, 3.05) is 0 Å². The molecule has 2 aliphatic carbocycles. The van der Waals surface area contributed by atoms with Crippen molar-refractivity contribution in [2.45, 2.75) is 52.6 Å². The molecule has 2 unspecified atom stereocenters. The van der Waals surface area contributed by atoms with Gasteiger partial charge in [-0.15, -0.1) is 0 Å². The number of hydrogen-bond donors (Lipinski definition) is 0. The van der Waals surface area contributed by atoms with Crippen LogP contribution in [0.4, 0.5) is 0 Å². The van der Waals surface area contributed by atoms with Crippen molar-refractivity contribution in [2.24, 2.45) is 16.7 Å². The van der Waals surface area contributed by atoms with Crippen LogP contribution >= 0.6 is 0 Å². The second kappa shape index (κ2) is 3.12. The standard InChI is InChI=1S/C14H22O2/c1-6-11(15)16-14(5)9-10-7-8-13(14,4)12(10,2)3/h6,10H,1,7-9H2,2-5H3/t10?,13-,14?/m1/s1. The molecule has 0 saturated heterocycles. The fourth-order valence-electron chi connectivity index (χ4n) is 4.01. The third kappa shape index (κ3) is 1.16. The Kier molecular flexibility index (Phi) is 2.28. The highest BCUT2D eigenvalue weighted by Crippen LogP contribution is 2.70. The van der Waals surface area contributed by atoms with Gasteiger partial charge < -0.3 is 4.74 Å². The van der Waals surface area contributed by atoms with Gasteiger partial charge in [0.25, 0.3) is 0 Å². The lowest BCUT2D eigenvalue weighted by atomic mass is 9.65. The van der Waals surface area contributed by atoms with Crippen LogP contribution in [0, 0.1) is 16.7 Å². The average Bonchev–Trinajstić information content (AvgIpc) is 2.49. The van der Waals surface area contributed by atoms with Gasteiger partial charge in [-0.1, -0.05) is 27.4 Å². The molecule has 2 rings (SSSR count). The molecule has 0 aliphatic heterocycles. The highest BCUT2D eigenvalue weighted by Gasteiger charge is 2.68. The van der Waals surface area contributed by atoms with Crippen LogP contribution in [0.2, 0.25) is 0 Å². The summed E-state index contributed by atoms with van der Waals surface area (Å²) in [7, 11) is 0. The summed E-state index contributed by atoms with van der Waals surface area (Å²) < 4.78 is 5.66. The van der Waals surface area contributed by atoms with Gasteiger partial charge in [-0.2, -0.15) is 0 Å². The van der Waals surface area contributed by atoms with E-state index in [2.05, 4.69) is 34.3 Å². The zero-order valence-electron chi connectivity index (χ0n) is 10.8. The third-order valence-electron chi connectivity index (χ3n) is 5.73. The van der Waals surface area contributed by atoms with Crippen LogP contribution in [0.25, 0.3) is 0 Å². The van der Waals surface area contributed by atoms with Gasteiger partial charge in [0.05, 0.1) is 0 Å². The molecule has 0 heterocycles. The maximum Gasteiger partial charge on any atom is 0.330 e. The lowest BCUT2D eigenvalue weighted by Gasteiger charge is -2.45. The third-order valence-corrected chi connectivity index (χ3v) is 5.73. The van der Waals surface area contributed by atoms with Crippen molar-refractivity contribution < 1.29 is 9.53 Å². The summed E-state index contributed by atoms with van der Waals surface area (Å²) in [6.07, 6.45) is 4.69. The predicted molar refractivity (Wildman–Crippen MR) is 63.9 cm³/mol. The molecular formula is C14H22O2. The first-order chi connectivity index (χ1) is 7.27. The minimum atomic E-state index is -0.315. The summed E-state index contributed by atoms with van der Waals surface area (Å²) in [5.41, 5.74) is 0.0528. The summed E-state index contributed by atoms with van der Waals surface area (Å²) >= 11 is 0. The summed E-state index contributed by atoms with van der Waals surface area (Å²) in [4.78, 5) is 11.5. The Bertz CT molecular complexity index is 345. The van der Waals surface area contributed by atoms with Crippen LogP contribution in [0.1, 0.15) is 47.0 Å². The Morgan fingerprint density at radius 2 is 2.00 bits per heavy atom. The van der Waals surface area contributed by atoms with Crippen LogP contribution in [-0.2, 0) is 9.53 Å². The van der Waals surface area contributed by atoms with Crippen molar-refractivity contribution in [1.29, 1.82) is 0 Å². The molecule has 3 atom stereocenters. The smallest absolute Gasteiger partial charge is 0.330 e. The number of hydrogen-bond acceptors (Lipinski definition) is 2. The molecule has 0 N–H and O–H groups in total. The van der Waals surface area contributed by atoms with Crippen molar-refractivity contribution in [3.63, 3.8) is 0 Å². The Hall–Kier alpha value is -0.790. The number of fused-ring (bicyclic) bond motifs is 2. The predicted octanol–water partition coefficient (Wildman–Crippen LogP) is 3.32. The second-order valence-electron chi connectivity index (χ2n) is 6.35. The zero-order valence-corrected chi connectivity index (χ0v) is 10.8. The van der Waals surface area contributed by atoms with E-state index in [1.807, 2.05) is 0 Å². The van der Waals surface area contributed by atoms with Crippen LogP contribution in [-0.4, -0.2) is 11.6 Å². The Labute approximate surface area is 98.1 Å². The lowest BCUT2D eigenvalue weighted by Crippen LogP contribution is -2.47. The molecule has 0 aromatic rings. The molecule has 0 amide bonds. The first kappa shape index (κ1) is 11.7. The fraction of sp³-hybridized carbons (Fsp3) is 0.786. The second-order valence-corrected chi connectivity index (χ2v) is 6.35. The molecule has 16 heavy (non-hydrogen) atoms. The highest BCUT2D eigenvalue weighted by atomic mass is 16.6. The van der Waals surface area contributed by atoms with Gasteiger partial charge in [-0.05, 0) is 37.5 Å². The van der Waals surface area contributed by atoms with Gasteiger partial charge in [-0.25, -0.2) is 4.79 Å². The molecule has 2 aliphatic rings. The monoisotopic (exact) mass is 222 g/mol. The minimum Gasteiger partial charge on any atom is -0.456 e. The molecule has 0 aromatic heterocycles. The van der Waals surface area contributed by atoms with Crippen molar-refractivity contribution in [3.8, 4) is 0 Å². The Morgan fingerprint density at radius 3 is 2.38 bits per heavy atom. The van der Waals surface area contributed by atoms with Gasteiger partial charge in [-0.3, -0.25) is 0 Å². The van der Waals surface area contributed by atoms with E-state index in [1.54, 1.807) is 0 Å². The normalized spacial score (nSPS) is 44.4. The highest BCUT2D eigenvalue weighted by molar-refractivity contribution is 5.81. The summed E-state index contributed by atoms with van der Waals surface area (Å²) in [6, 6.07) is 0. The molecule has 0 spiro atoms. The van der Waals surface area contributed by atoms with Crippen LogP contribution in [0.3, 0.4) is 0 Å². The summed E-state index contributed by atoms with van der Waals surface area (Å²) in [5, 5.41) is 0. The average molecular weight is 222 g/mol. The molecule has 2 bridgehead atoms. The lowest BCUT2D eigenvalue weighted by molar-refractivity contribution is -0.169. The number of esters is 1. The van der Waals surface area contributed by atoms with E-state index < -0.39 is 0 Å². The molecule has 2 heteroatoms. The van der Waals surface area contributed by atoms with Gasteiger partial charge in [0, 0.05) is 11.5 Å². The molecule has 90 valence electrons. The molecular weight excluding hydrogens is 200 g/mol. The van der Waals surface area contributed by atoms with Crippen LogP contribution in [0.15, 0.2) is 12.7 Å². The summed E-state index contributed by atoms with van der Waals surface area (Å²) in [5.74, 6) is 0.396. The molecule has 0 aromatic carbocycles. The number of rotatable bonds is 2. The quantitative estimate of drug-likeness (QED) is 0.529. The molecule has 2 saturated carbocycles. The van der Waals surface area contributed by atoms with Crippen molar-refractivity contribution >= 4 is 5.97 Å². The van der Waals surface area contributed by atoms with Crippen molar-refractivity contribution in [3.05, 3.63) is 12.7 Å². The number of carbonyl (C=O) groups excluding carboxylic acids is 1. The van der Waals surface area contributed by atoms with E-state index in [9.17, 15) is 4.79 Å². The molecule has 0 radical (unpaired) electrons. The van der Waals surface area contributed by atoms with E-state index in [4.69, 9.17) is 4.74 Å². The van der Waals surface area contributed by atoms with E-state index in [-0.39, 0.29) is 22.4 Å². The van der Waals surface area contributed by atoms with Crippen molar-refractivity contribution in [1.82, 2.24) is 0 Å². The van der Waals surface area contributed by atoms with Gasteiger partial charge in [0.2, 0.25) is 0 Å². The van der Waals surface area contributed by atoms with Gasteiger partial charge in [0.15, 0.2) is 0 Å². The van der Waals surface area contributed by atoms with Gasteiger partial charge >= 0.3 is 5.97 Å². The SMILES string of the molecule is C=CC(=O)OC1(C)CC2CC[C@]1(C)C2(C)C. The van der Waals surface area contributed by atoms with E-state index in [0.717, 1.165) is 12.8 Å². The van der Waals surface area contributed by atoms with E-state index in [0.29, 0.717) is 5.92 Å². The molecule has 2 nitrogen and oxygen atoms in total. The Morgan fingerprint density at radius 1 is 1.38 bits per heavy atom. The minimum absolute atomic E-state index is 0.101. The summed E-state index contributed by atoms with van der Waals surface area (Å²) in [6.45, 7) is 12.5. The molecule has 2 fully saturated rings. The van der Waals surface area contributed by atoms with E-state index >= 15 is 0 Å². The van der Waals surface area contributed by atoms with Crippen LogP contribution in [0.5, 0.6) is 0 Å². The van der Waals surface area contributed by atoms with E-state index in [1.165, 1.54) is 12.5 Å². The maximum atomic E-state index is 11.5. The first-order valence-corrected chi connectivity index (χ1v) is 6.12. The van der Waals surface area contributed by atoms with Crippen LogP contribution < -0.4 is 0 Å².